The number of ether oxygens (including phenoxy) is 1. The molecular formula is C16H15BrN2O2. The second-order valence-electron chi connectivity index (χ2n) is 4.79. The van der Waals surface area contributed by atoms with Crippen LogP contribution in [0.5, 0.6) is 5.75 Å². The maximum atomic E-state index is 8.74. The number of rotatable bonds is 4. The lowest BCUT2D eigenvalue weighted by molar-refractivity contribution is 0.201. The van der Waals surface area contributed by atoms with E-state index in [4.69, 9.17) is 9.84 Å². The highest BCUT2D eigenvalue weighted by Gasteiger charge is 2.06. The van der Waals surface area contributed by atoms with E-state index in [9.17, 15) is 0 Å². The number of imidazole rings is 1. The van der Waals surface area contributed by atoms with Crippen molar-refractivity contribution >= 4 is 21.6 Å². The summed E-state index contributed by atoms with van der Waals surface area (Å²) in [4.78, 5) is 4.64. The summed E-state index contributed by atoms with van der Waals surface area (Å²) < 4.78 is 8.42. The van der Waals surface area contributed by atoms with Gasteiger partial charge in [-0.3, -0.25) is 0 Å². The van der Waals surface area contributed by atoms with Crippen LogP contribution in [-0.4, -0.2) is 27.7 Å². The molecule has 0 saturated heterocycles. The van der Waals surface area contributed by atoms with Gasteiger partial charge in [0, 0.05) is 22.4 Å². The van der Waals surface area contributed by atoms with Crippen LogP contribution in [0.4, 0.5) is 0 Å². The third-order valence-electron chi connectivity index (χ3n) is 3.25. The normalized spacial score (nSPS) is 11.0. The van der Waals surface area contributed by atoms with E-state index in [0.29, 0.717) is 6.61 Å². The SMILES string of the molecule is Cc1cc2nc(-c3ccc(OCCO)cc3)cn2cc1Br. The molecule has 0 saturated carbocycles. The molecule has 0 bridgehead atoms. The van der Waals surface area contributed by atoms with Gasteiger partial charge in [0.25, 0.3) is 0 Å². The van der Waals surface area contributed by atoms with E-state index in [1.165, 1.54) is 0 Å². The van der Waals surface area contributed by atoms with Crippen molar-refractivity contribution in [1.29, 1.82) is 0 Å². The first-order valence-electron chi connectivity index (χ1n) is 6.66. The van der Waals surface area contributed by atoms with E-state index in [-0.39, 0.29) is 6.61 Å². The molecular weight excluding hydrogens is 332 g/mol. The van der Waals surface area contributed by atoms with E-state index in [1.54, 1.807) is 0 Å². The Morgan fingerprint density at radius 3 is 2.71 bits per heavy atom. The van der Waals surface area contributed by atoms with E-state index < -0.39 is 0 Å². The Labute approximate surface area is 131 Å². The van der Waals surface area contributed by atoms with Crippen molar-refractivity contribution in [3.63, 3.8) is 0 Å². The quantitative estimate of drug-likeness (QED) is 0.786. The van der Waals surface area contributed by atoms with Gasteiger partial charge in [0.15, 0.2) is 0 Å². The van der Waals surface area contributed by atoms with Gasteiger partial charge < -0.3 is 14.2 Å². The summed E-state index contributed by atoms with van der Waals surface area (Å²) in [5.41, 5.74) is 4.03. The number of aliphatic hydroxyl groups is 1. The van der Waals surface area contributed by atoms with Crippen LogP contribution in [0.2, 0.25) is 0 Å². The van der Waals surface area contributed by atoms with E-state index in [1.807, 2.05) is 54.0 Å². The Bertz CT molecular complexity index is 727. The topological polar surface area (TPSA) is 46.8 Å². The smallest absolute Gasteiger partial charge is 0.137 e. The molecule has 21 heavy (non-hydrogen) atoms. The average molecular weight is 347 g/mol. The number of pyridine rings is 1. The highest BCUT2D eigenvalue weighted by Crippen LogP contribution is 2.24. The summed E-state index contributed by atoms with van der Waals surface area (Å²) in [6.45, 7) is 2.37. The molecule has 1 N–H and O–H groups in total. The summed E-state index contributed by atoms with van der Waals surface area (Å²) >= 11 is 3.53. The molecule has 1 aromatic carbocycles. The first-order chi connectivity index (χ1) is 10.2. The summed E-state index contributed by atoms with van der Waals surface area (Å²) in [5.74, 6) is 0.746. The van der Waals surface area contributed by atoms with Crippen molar-refractivity contribution < 1.29 is 9.84 Å². The largest absolute Gasteiger partial charge is 0.491 e. The lowest BCUT2D eigenvalue weighted by atomic mass is 10.2. The fourth-order valence-electron chi connectivity index (χ4n) is 2.13. The molecule has 0 aliphatic rings. The van der Waals surface area contributed by atoms with Gasteiger partial charge in [-0.15, -0.1) is 0 Å². The highest BCUT2D eigenvalue weighted by molar-refractivity contribution is 9.10. The first kappa shape index (κ1) is 14.1. The van der Waals surface area contributed by atoms with Gasteiger partial charge in [-0.25, -0.2) is 4.98 Å². The van der Waals surface area contributed by atoms with Crippen LogP contribution in [0, 0.1) is 6.92 Å². The van der Waals surface area contributed by atoms with Crippen molar-refractivity contribution in [2.75, 3.05) is 13.2 Å². The molecule has 0 fully saturated rings. The Hall–Kier alpha value is -1.85. The molecule has 3 aromatic rings. The third kappa shape index (κ3) is 2.94. The predicted octanol–water partition coefficient (Wildman–Crippen LogP) is 3.44. The molecule has 0 radical (unpaired) electrons. The summed E-state index contributed by atoms with van der Waals surface area (Å²) in [6, 6.07) is 9.76. The zero-order chi connectivity index (χ0) is 14.8. The van der Waals surface area contributed by atoms with Crippen molar-refractivity contribution in [3.8, 4) is 17.0 Å². The number of aliphatic hydroxyl groups excluding tert-OH is 1. The Balaban J connectivity index is 1.92. The molecule has 0 aliphatic heterocycles. The highest BCUT2D eigenvalue weighted by atomic mass is 79.9. The minimum absolute atomic E-state index is 0.0163. The molecule has 0 unspecified atom stereocenters. The van der Waals surface area contributed by atoms with Gasteiger partial charge in [0.05, 0.1) is 12.3 Å². The van der Waals surface area contributed by atoms with Gasteiger partial charge in [0.2, 0.25) is 0 Å². The summed E-state index contributed by atoms with van der Waals surface area (Å²) in [5, 5.41) is 8.74. The predicted molar refractivity (Wildman–Crippen MR) is 85.6 cm³/mol. The second kappa shape index (κ2) is 5.87. The van der Waals surface area contributed by atoms with Gasteiger partial charge in [0.1, 0.15) is 18.0 Å². The minimum atomic E-state index is 0.0163. The number of benzene rings is 1. The van der Waals surface area contributed by atoms with Crippen LogP contribution in [-0.2, 0) is 0 Å². The molecule has 2 aromatic heterocycles. The van der Waals surface area contributed by atoms with Crippen molar-refractivity contribution in [2.45, 2.75) is 6.92 Å². The minimum Gasteiger partial charge on any atom is -0.491 e. The van der Waals surface area contributed by atoms with Gasteiger partial charge in [-0.1, -0.05) is 0 Å². The molecule has 2 heterocycles. The van der Waals surface area contributed by atoms with E-state index >= 15 is 0 Å². The number of halogens is 1. The Kier molecular flexibility index (Phi) is 3.94. The number of aromatic nitrogens is 2. The van der Waals surface area contributed by atoms with E-state index in [2.05, 4.69) is 20.9 Å². The molecule has 0 spiro atoms. The monoisotopic (exact) mass is 346 g/mol. The number of aryl methyl sites for hydroxylation is 1. The fourth-order valence-corrected chi connectivity index (χ4v) is 2.46. The third-order valence-corrected chi connectivity index (χ3v) is 4.08. The lowest BCUT2D eigenvalue weighted by Gasteiger charge is -2.04. The molecule has 0 aliphatic carbocycles. The number of fused-ring (bicyclic) bond motifs is 1. The lowest BCUT2D eigenvalue weighted by Crippen LogP contribution is -2.01. The molecule has 108 valence electrons. The fraction of sp³-hybridized carbons (Fsp3) is 0.188. The molecule has 0 atom stereocenters. The van der Waals surface area contributed by atoms with Gasteiger partial charge >= 0.3 is 0 Å². The Morgan fingerprint density at radius 2 is 2.00 bits per heavy atom. The van der Waals surface area contributed by atoms with Crippen molar-refractivity contribution in [2.24, 2.45) is 0 Å². The van der Waals surface area contributed by atoms with E-state index in [0.717, 1.165) is 32.7 Å². The van der Waals surface area contributed by atoms with Crippen LogP contribution in [0.15, 0.2) is 47.2 Å². The van der Waals surface area contributed by atoms with Crippen molar-refractivity contribution in [1.82, 2.24) is 9.38 Å². The summed E-state index contributed by atoms with van der Waals surface area (Å²) in [6.07, 6.45) is 4.02. The Morgan fingerprint density at radius 1 is 1.24 bits per heavy atom. The van der Waals surface area contributed by atoms with Crippen LogP contribution in [0.3, 0.4) is 0 Å². The van der Waals surface area contributed by atoms with Crippen LogP contribution >= 0.6 is 15.9 Å². The van der Waals surface area contributed by atoms with Crippen LogP contribution in [0.25, 0.3) is 16.9 Å². The zero-order valence-electron chi connectivity index (χ0n) is 11.6. The van der Waals surface area contributed by atoms with Crippen LogP contribution in [0.1, 0.15) is 5.56 Å². The molecule has 0 amide bonds. The maximum Gasteiger partial charge on any atom is 0.137 e. The molecule has 5 heteroatoms. The van der Waals surface area contributed by atoms with Crippen molar-refractivity contribution in [3.05, 3.63) is 52.8 Å². The first-order valence-corrected chi connectivity index (χ1v) is 7.45. The number of hydrogen-bond acceptors (Lipinski definition) is 3. The van der Waals surface area contributed by atoms with Crippen LogP contribution < -0.4 is 4.74 Å². The molecule has 3 rings (SSSR count). The van der Waals surface area contributed by atoms with Gasteiger partial charge in [-0.2, -0.15) is 0 Å². The zero-order valence-corrected chi connectivity index (χ0v) is 13.2. The average Bonchev–Trinajstić information content (AvgIpc) is 2.89. The standard InChI is InChI=1S/C16H15BrN2O2/c1-11-8-16-18-15(10-19(16)9-14(11)17)12-2-4-13(5-3-12)21-7-6-20/h2-5,8-10,20H,6-7H2,1H3. The second-order valence-corrected chi connectivity index (χ2v) is 5.65. The maximum absolute atomic E-state index is 8.74. The van der Waals surface area contributed by atoms with Gasteiger partial charge in [-0.05, 0) is 58.7 Å². The molecule has 4 nitrogen and oxygen atoms in total. The number of hydrogen-bond donors (Lipinski definition) is 1. The number of nitrogens with zero attached hydrogens (tertiary/aromatic N) is 2. The summed E-state index contributed by atoms with van der Waals surface area (Å²) in [7, 11) is 0.